The van der Waals surface area contributed by atoms with E-state index >= 15 is 0 Å². The molecule has 1 saturated carbocycles. The number of hydrogen-bond donors (Lipinski definition) is 0. The van der Waals surface area contributed by atoms with Crippen molar-refractivity contribution in [1.29, 1.82) is 0 Å². The lowest BCUT2D eigenvalue weighted by molar-refractivity contribution is 0.626. The zero-order valence-corrected chi connectivity index (χ0v) is 9.42. The summed E-state index contributed by atoms with van der Waals surface area (Å²) in [6.07, 6.45) is 5.27. The van der Waals surface area contributed by atoms with Gasteiger partial charge in [0.25, 0.3) is 0 Å². The van der Waals surface area contributed by atoms with Gasteiger partial charge in [-0.1, -0.05) is 28.8 Å². The van der Waals surface area contributed by atoms with Gasteiger partial charge in [-0.25, -0.2) is 0 Å². The first-order valence-corrected chi connectivity index (χ1v) is 5.89. The number of nitrogens with zero attached hydrogens (tertiary/aromatic N) is 3. The maximum atomic E-state index is 4.25. The molecule has 13 heavy (non-hydrogen) atoms. The zero-order chi connectivity index (χ0) is 9.26. The highest BCUT2D eigenvalue weighted by molar-refractivity contribution is 9.08. The van der Waals surface area contributed by atoms with Crippen molar-refractivity contribution in [2.75, 3.05) is 0 Å². The molecule has 0 saturated heterocycles. The Labute approximate surface area is 86.7 Å². The summed E-state index contributed by atoms with van der Waals surface area (Å²) < 4.78 is 2.13. The van der Waals surface area contributed by atoms with E-state index in [2.05, 4.69) is 37.7 Å². The third kappa shape index (κ3) is 1.64. The number of aromatic nitrogens is 3. The third-order valence-electron chi connectivity index (χ3n) is 2.84. The fourth-order valence-electron chi connectivity index (χ4n) is 2.03. The minimum Gasteiger partial charge on any atom is -0.317 e. The lowest BCUT2D eigenvalue weighted by Crippen LogP contribution is -2.04. The van der Waals surface area contributed by atoms with Crippen LogP contribution in [-0.2, 0) is 12.4 Å². The monoisotopic (exact) mass is 243 g/mol. The van der Waals surface area contributed by atoms with Crippen LogP contribution in [0.25, 0.3) is 0 Å². The van der Waals surface area contributed by atoms with Crippen LogP contribution < -0.4 is 0 Å². The van der Waals surface area contributed by atoms with Gasteiger partial charge in [-0.15, -0.1) is 10.2 Å². The fourth-order valence-corrected chi connectivity index (χ4v) is 2.52. The minimum absolute atomic E-state index is 0.658. The van der Waals surface area contributed by atoms with Crippen molar-refractivity contribution in [2.24, 2.45) is 7.05 Å². The summed E-state index contributed by atoms with van der Waals surface area (Å²) in [4.78, 5) is 0. The van der Waals surface area contributed by atoms with Crippen molar-refractivity contribution in [1.82, 2.24) is 14.8 Å². The van der Waals surface area contributed by atoms with E-state index in [1.165, 1.54) is 31.5 Å². The molecule has 0 aromatic carbocycles. The molecule has 72 valence electrons. The normalized spacial score (nSPS) is 18.3. The second-order valence-electron chi connectivity index (χ2n) is 3.65. The van der Waals surface area contributed by atoms with Crippen molar-refractivity contribution >= 4 is 15.9 Å². The first-order valence-electron chi connectivity index (χ1n) is 4.77. The summed E-state index contributed by atoms with van der Waals surface area (Å²) in [6, 6.07) is 0. The SMILES string of the molecule is Cn1c(CBr)nnc1C1CCCC1. The third-order valence-corrected chi connectivity index (χ3v) is 3.34. The maximum absolute atomic E-state index is 4.25. The zero-order valence-electron chi connectivity index (χ0n) is 7.83. The average Bonchev–Trinajstić information content (AvgIpc) is 2.72. The van der Waals surface area contributed by atoms with Crippen molar-refractivity contribution in [3.63, 3.8) is 0 Å². The molecule has 0 radical (unpaired) electrons. The number of hydrogen-bond acceptors (Lipinski definition) is 2. The second kappa shape index (κ2) is 3.78. The van der Waals surface area contributed by atoms with Crippen LogP contribution in [0.1, 0.15) is 43.3 Å². The van der Waals surface area contributed by atoms with Crippen molar-refractivity contribution in [3.05, 3.63) is 11.6 Å². The first-order chi connectivity index (χ1) is 6.33. The van der Waals surface area contributed by atoms with E-state index in [1.54, 1.807) is 0 Å². The predicted octanol–water partition coefficient (Wildman–Crippen LogP) is 2.37. The Morgan fingerprint density at radius 1 is 1.38 bits per heavy atom. The Morgan fingerprint density at radius 3 is 2.62 bits per heavy atom. The maximum Gasteiger partial charge on any atom is 0.143 e. The van der Waals surface area contributed by atoms with Gasteiger partial charge in [-0.2, -0.15) is 0 Å². The smallest absolute Gasteiger partial charge is 0.143 e. The van der Waals surface area contributed by atoms with Gasteiger partial charge in [0.1, 0.15) is 11.6 Å². The Bertz CT molecular complexity index is 289. The Hall–Kier alpha value is -0.380. The van der Waals surface area contributed by atoms with Gasteiger partial charge in [0.2, 0.25) is 0 Å². The molecule has 0 unspecified atom stereocenters. The highest BCUT2D eigenvalue weighted by Gasteiger charge is 2.22. The van der Waals surface area contributed by atoms with Crippen LogP contribution in [0.5, 0.6) is 0 Å². The van der Waals surface area contributed by atoms with E-state index in [9.17, 15) is 0 Å². The summed E-state index contributed by atoms with van der Waals surface area (Å²) in [7, 11) is 2.06. The predicted molar refractivity (Wildman–Crippen MR) is 54.8 cm³/mol. The number of halogens is 1. The van der Waals surface area contributed by atoms with E-state index in [0.29, 0.717) is 5.92 Å². The first kappa shape index (κ1) is 9.19. The van der Waals surface area contributed by atoms with E-state index in [4.69, 9.17) is 0 Å². The van der Waals surface area contributed by atoms with Crippen molar-refractivity contribution < 1.29 is 0 Å². The molecule has 1 aliphatic carbocycles. The molecule has 1 aliphatic rings. The van der Waals surface area contributed by atoms with E-state index < -0.39 is 0 Å². The largest absolute Gasteiger partial charge is 0.317 e. The highest BCUT2D eigenvalue weighted by atomic mass is 79.9. The molecule has 1 fully saturated rings. The summed E-state index contributed by atoms with van der Waals surface area (Å²) in [6.45, 7) is 0. The van der Waals surface area contributed by atoms with Gasteiger partial charge in [-0.3, -0.25) is 0 Å². The van der Waals surface area contributed by atoms with Crippen LogP contribution in [0.2, 0.25) is 0 Å². The molecule has 0 aliphatic heterocycles. The summed E-state index contributed by atoms with van der Waals surface area (Å²) in [5.41, 5.74) is 0. The van der Waals surface area contributed by atoms with E-state index in [1.807, 2.05) is 0 Å². The van der Waals surface area contributed by atoms with Crippen LogP contribution in [-0.4, -0.2) is 14.8 Å². The molecule has 0 bridgehead atoms. The van der Waals surface area contributed by atoms with E-state index in [-0.39, 0.29) is 0 Å². The molecule has 3 nitrogen and oxygen atoms in total. The van der Waals surface area contributed by atoms with Gasteiger partial charge in [0.05, 0.1) is 5.33 Å². The molecule has 1 aromatic heterocycles. The summed E-state index contributed by atoms with van der Waals surface area (Å²) in [5, 5.41) is 9.19. The van der Waals surface area contributed by atoms with Crippen molar-refractivity contribution in [2.45, 2.75) is 36.9 Å². The average molecular weight is 244 g/mol. The summed E-state index contributed by atoms with van der Waals surface area (Å²) in [5.74, 6) is 2.86. The van der Waals surface area contributed by atoms with Gasteiger partial charge >= 0.3 is 0 Å². The second-order valence-corrected chi connectivity index (χ2v) is 4.21. The number of rotatable bonds is 2. The molecule has 1 heterocycles. The lowest BCUT2D eigenvalue weighted by atomic mass is 10.1. The fraction of sp³-hybridized carbons (Fsp3) is 0.778. The summed E-state index contributed by atoms with van der Waals surface area (Å²) >= 11 is 3.41. The van der Waals surface area contributed by atoms with Crippen molar-refractivity contribution in [3.8, 4) is 0 Å². The lowest BCUT2D eigenvalue weighted by Gasteiger charge is -2.07. The number of alkyl halides is 1. The molecule has 4 heteroatoms. The molecular formula is C9H14BrN3. The van der Waals surface area contributed by atoms with Gasteiger partial charge in [-0.05, 0) is 12.8 Å². The molecule has 0 atom stereocenters. The molecule has 1 aromatic rings. The molecule has 0 N–H and O–H groups in total. The van der Waals surface area contributed by atoms with Gasteiger partial charge in [0, 0.05) is 13.0 Å². The van der Waals surface area contributed by atoms with E-state index in [0.717, 1.165) is 11.2 Å². The Kier molecular flexibility index (Phi) is 2.67. The Balaban J connectivity index is 2.24. The van der Waals surface area contributed by atoms with Crippen LogP contribution in [0, 0.1) is 0 Å². The van der Waals surface area contributed by atoms with Crippen LogP contribution in [0.4, 0.5) is 0 Å². The van der Waals surface area contributed by atoms with Gasteiger partial charge < -0.3 is 4.57 Å². The Morgan fingerprint density at radius 2 is 2.08 bits per heavy atom. The minimum atomic E-state index is 0.658. The quantitative estimate of drug-likeness (QED) is 0.748. The van der Waals surface area contributed by atoms with Crippen LogP contribution in [0.3, 0.4) is 0 Å². The van der Waals surface area contributed by atoms with Gasteiger partial charge in [0.15, 0.2) is 0 Å². The van der Waals surface area contributed by atoms with Crippen LogP contribution >= 0.6 is 15.9 Å². The molecular weight excluding hydrogens is 230 g/mol. The highest BCUT2D eigenvalue weighted by Crippen LogP contribution is 2.32. The molecule has 2 rings (SSSR count). The molecule has 0 amide bonds. The standard InChI is InChI=1S/C9H14BrN3/c1-13-8(6-10)11-12-9(13)7-4-2-3-5-7/h7H,2-6H2,1H3. The van der Waals surface area contributed by atoms with Crippen LogP contribution in [0.15, 0.2) is 0 Å². The topological polar surface area (TPSA) is 30.7 Å². The molecule has 0 spiro atoms.